The van der Waals surface area contributed by atoms with Gasteiger partial charge in [-0.3, -0.25) is 4.79 Å². The SMILES string of the molecule is COc1ccccc1C(=O)N(c1cccc(Cl)c1)[C@H]1C=CS(=O)(=O)C1. The summed E-state index contributed by atoms with van der Waals surface area (Å²) in [4.78, 5) is 14.6. The molecule has 0 N–H and O–H groups in total. The zero-order valence-electron chi connectivity index (χ0n) is 13.4. The van der Waals surface area contributed by atoms with Gasteiger partial charge in [0.15, 0.2) is 9.84 Å². The Morgan fingerprint density at radius 1 is 1.20 bits per heavy atom. The van der Waals surface area contributed by atoms with Gasteiger partial charge in [0.1, 0.15) is 5.75 Å². The second-order valence-corrected chi connectivity index (χ2v) is 7.95. The first-order valence-corrected chi connectivity index (χ1v) is 9.64. The fourth-order valence-corrected chi connectivity index (χ4v) is 4.21. The maximum absolute atomic E-state index is 13.2. The first kappa shape index (κ1) is 17.5. The molecule has 1 atom stereocenters. The Kier molecular flexibility index (Phi) is 4.83. The predicted molar refractivity (Wildman–Crippen MR) is 98.0 cm³/mol. The summed E-state index contributed by atoms with van der Waals surface area (Å²) in [6, 6.07) is 13.0. The molecule has 0 saturated carbocycles. The molecule has 0 spiro atoms. The Labute approximate surface area is 151 Å². The van der Waals surface area contributed by atoms with E-state index >= 15 is 0 Å². The monoisotopic (exact) mass is 377 g/mol. The zero-order valence-corrected chi connectivity index (χ0v) is 15.0. The van der Waals surface area contributed by atoms with Crippen molar-refractivity contribution in [3.63, 3.8) is 0 Å². The lowest BCUT2D eigenvalue weighted by Crippen LogP contribution is -2.41. The number of para-hydroxylation sites is 1. The molecule has 2 aromatic rings. The summed E-state index contributed by atoms with van der Waals surface area (Å²) < 4.78 is 29.0. The summed E-state index contributed by atoms with van der Waals surface area (Å²) >= 11 is 6.06. The molecule has 7 heteroatoms. The summed E-state index contributed by atoms with van der Waals surface area (Å²) in [6.45, 7) is 0. The number of halogens is 1. The van der Waals surface area contributed by atoms with Gasteiger partial charge in [0.05, 0.1) is 24.5 Å². The predicted octanol–water partition coefficient (Wildman–Crippen LogP) is 3.31. The fraction of sp³-hybridized carbons (Fsp3) is 0.167. The van der Waals surface area contributed by atoms with Crippen LogP contribution in [-0.2, 0) is 9.84 Å². The highest BCUT2D eigenvalue weighted by atomic mass is 35.5. The van der Waals surface area contributed by atoms with Crippen molar-refractivity contribution in [1.29, 1.82) is 0 Å². The highest BCUT2D eigenvalue weighted by Gasteiger charge is 2.33. The Bertz CT molecular complexity index is 940. The number of rotatable bonds is 4. The van der Waals surface area contributed by atoms with Crippen LogP contribution in [-0.4, -0.2) is 33.2 Å². The van der Waals surface area contributed by atoms with Crippen LogP contribution in [0.1, 0.15) is 10.4 Å². The van der Waals surface area contributed by atoms with Crippen molar-refractivity contribution in [2.24, 2.45) is 0 Å². The third-order valence-electron chi connectivity index (χ3n) is 3.89. The highest BCUT2D eigenvalue weighted by Crippen LogP contribution is 2.29. The lowest BCUT2D eigenvalue weighted by Gasteiger charge is -2.28. The van der Waals surface area contributed by atoms with E-state index in [2.05, 4.69) is 0 Å². The van der Waals surface area contributed by atoms with Crippen LogP contribution in [0.5, 0.6) is 5.75 Å². The van der Waals surface area contributed by atoms with Crippen molar-refractivity contribution in [1.82, 2.24) is 0 Å². The Morgan fingerprint density at radius 3 is 2.60 bits per heavy atom. The number of nitrogens with zero attached hydrogens (tertiary/aromatic N) is 1. The molecule has 0 unspecified atom stereocenters. The van der Waals surface area contributed by atoms with Crippen LogP contribution >= 0.6 is 11.6 Å². The second-order valence-electron chi connectivity index (χ2n) is 5.58. The van der Waals surface area contributed by atoms with Crippen LogP contribution in [0.4, 0.5) is 5.69 Å². The number of hydrogen-bond acceptors (Lipinski definition) is 4. The third kappa shape index (κ3) is 3.70. The van der Waals surface area contributed by atoms with E-state index in [1.807, 2.05) is 0 Å². The van der Waals surface area contributed by atoms with Crippen LogP contribution in [0.25, 0.3) is 0 Å². The van der Waals surface area contributed by atoms with Gasteiger partial charge in [-0.1, -0.05) is 29.8 Å². The minimum Gasteiger partial charge on any atom is -0.496 e. The maximum atomic E-state index is 13.2. The normalized spacial score (nSPS) is 18.1. The van der Waals surface area contributed by atoms with Crippen LogP contribution < -0.4 is 9.64 Å². The molecular formula is C18H16ClNO4S. The number of sulfone groups is 1. The van der Waals surface area contributed by atoms with Gasteiger partial charge in [-0.15, -0.1) is 0 Å². The quantitative estimate of drug-likeness (QED) is 0.820. The average molecular weight is 378 g/mol. The van der Waals surface area contributed by atoms with E-state index < -0.39 is 15.9 Å². The molecule has 0 aliphatic carbocycles. The number of hydrogen-bond donors (Lipinski definition) is 0. The summed E-state index contributed by atoms with van der Waals surface area (Å²) in [5.41, 5.74) is 0.873. The number of ether oxygens (including phenoxy) is 1. The summed E-state index contributed by atoms with van der Waals surface area (Å²) in [5.74, 6) is -0.101. The largest absolute Gasteiger partial charge is 0.496 e. The molecule has 0 bridgehead atoms. The second kappa shape index (κ2) is 6.90. The topological polar surface area (TPSA) is 63.7 Å². The Morgan fingerprint density at radius 2 is 1.96 bits per heavy atom. The standard InChI is InChI=1S/C18H16ClNO4S/c1-24-17-8-3-2-7-16(17)18(21)20(14-6-4-5-13(19)11-14)15-9-10-25(22,23)12-15/h2-11,15H,12H2,1H3/t15-/m0/s1. The van der Waals surface area contributed by atoms with Gasteiger partial charge in [-0.25, -0.2) is 8.42 Å². The minimum absolute atomic E-state index is 0.166. The maximum Gasteiger partial charge on any atom is 0.262 e. The molecule has 1 aliphatic heterocycles. The van der Waals surface area contributed by atoms with E-state index in [-0.39, 0.29) is 11.7 Å². The first-order valence-electron chi connectivity index (χ1n) is 7.54. The lowest BCUT2D eigenvalue weighted by molar-refractivity contribution is 0.0980. The molecular weight excluding hydrogens is 362 g/mol. The molecule has 2 aromatic carbocycles. The van der Waals surface area contributed by atoms with Gasteiger partial charge in [-0.2, -0.15) is 0 Å². The number of carbonyl (C=O) groups excluding carboxylic acids is 1. The van der Waals surface area contributed by atoms with Crippen molar-refractivity contribution >= 4 is 33.0 Å². The summed E-state index contributed by atoms with van der Waals surface area (Å²) in [5, 5.41) is 1.60. The van der Waals surface area contributed by atoms with E-state index in [1.54, 1.807) is 48.5 Å². The summed E-state index contributed by atoms with van der Waals surface area (Å²) in [7, 11) is -1.85. The molecule has 25 heavy (non-hydrogen) atoms. The van der Waals surface area contributed by atoms with Gasteiger partial charge < -0.3 is 9.64 Å². The molecule has 1 heterocycles. The zero-order chi connectivity index (χ0) is 18.0. The van der Waals surface area contributed by atoms with E-state index in [0.717, 1.165) is 5.41 Å². The summed E-state index contributed by atoms with van der Waals surface area (Å²) in [6.07, 6.45) is 1.52. The van der Waals surface area contributed by atoms with Crippen molar-refractivity contribution in [3.05, 3.63) is 70.6 Å². The van der Waals surface area contributed by atoms with Crippen molar-refractivity contribution in [2.45, 2.75) is 6.04 Å². The minimum atomic E-state index is -3.33. The van der Waals surface area contributed by atoms with E-state index in [1.165, 1.54) is 18.1 Å². The highest BCUT2D eigenvalue weighted by molar-refractivity contribution is 7.94. The van der Waals surface area contributed by atoms with E-state index in [4.69, 9.17) is 16.3 Å². The van der Waals surface area contributed by atoms with Crippen LogP contribution in [0.15, 0.2) is 60.0 Å². The molecule has 0 saturated heterocycles. The van der Waals surface area contributed by atoms with E-state index in [0.29, 0.717) is 22.0 Å². The van der Waals surface area contributed by atoms with Gasteiger partial charge in [-0.05, 0) is 36.4 Å². The van der Waals surface area contributed by atoms with Gasteiger partial charge >= 0.3 is 0 Å². The number of amides is 1. The Balaban J connectivity index is 2.08. The first-order chi connectivity index (χ1) is 11.9. The molecule has 1 amide bonds. The van der Waals surface area contributed by atoms with Gasteiger partial charge in [0.2, 0.25) is 0 Å². The Hall–Kier alpha value is -2.31. The number of anilines is 1. The fourth-order valence-electron chi connectivity index (χ4n) is 2.76. The smallest absolute Gasteiger partial charge is 0.262 e. The van der Waals surface area contributed by atoms with Crippen molar-refractivity contribution in [2.75, 3.05) is 17.8 Å². The van der Waals surface area contributed by atoms with E-state index in [9.17, 15) is 13.2 Å². The average Bonchev–Trinajstić information content (AvgIpc) is 2.94. The molecule has 3 rings (SSSR count). The number of benzene rings is 2. The molecule has 0 radical (unpaired) electrons. The molecule has 0 aromatic heterocycles. The van der Waals surface area contributed by atoms with Crippen LogP contribution in [0.2, 0.25) is 5.02 Å². The van der Waals surface area contributed by atoms with Gasteiger partial charge in [0, 0.05) is 16.1 Å². The van der Waals surface area contributed by atoms with Crippen molar-refractivity contribution in [3.8, 4) is 5.75 Å². The third-order valence-corrected chi connectivity index (χ3v) is 5.50. The van der Waals surface area contributed by atoms with Crippen molar-refractivity contribution < 1.29 is 17.9 Å². The molecule has 5 nitrogen and oxygen atoms in total. The molecule has 1 aliphatic rings. The molecule has 0 fully saturated rings. The molecule has 130 valence electrons. The van der Waals surface area contributed by atoms with Crippen LogP contribution in [0, 0.1) is 0 Å². The van der Waals surface area contributed by atoms with Gasteiger partial charge in [0.25, 0.3) is 5.91 Å². The number of methoxy groups -OCH3 is 1. The number of carbonyl (C=O) groups is 1. The lowest BCUT2D eigenvalue weighted by atomic mass is 10.1. The van der Waals surface area contributed by atoms with Crippen LogP contribution in [0.3, 0.4) is 0 Å².